The predicted octanol–water partition coefficient (Wildman–Crippen LogP) is 0.447. The first-order valence-corrected chi connectivity index (χ1v) is 8.30. The number of hydrogen-bond donors (Lipinski definition) is 1. The second-order valence-electron chi connectivity index (χ2n) is 5.01. The zero-order chi connectivity index (χ0) is 15.0. The largest absolute Gasteiger partial charge is 0.417 e. The summed E-state index contributed by atoms with van der Waals surface area (Å²) in [6.07, 6.45) is 0. The number of rotatable bonds is 3. The number of benzene rings is 1. The van der Waals surface area contributed by atoms with E-state index in [0.29, 0.717) is 24.2 Å². The van der Waals surface area contributed by atoms with E-state index >= 15 is 0 Å². The quantitative estimate of drug-likeness (QED) is 0.889. The SMILES string of the molecule is CCN1CCN(S(=O)(=O)c2ccc3oc(=O)[nH]c3c2)CC1. The summed E-state index contributed by atoms with van der Waals surface area (Å²) < 4.78 is 31.6. The molecule has 1 saturated heterocycles. The number of oxazole rings is 1. The lowest BCUT2D eigenvalue weighted by Gasteiger charge is -2.33. The normalized spacial score (nSPS) is 18.3. The van der Waals surface area contributed by atoms with Gasteiger partial charge in [-0.15, -0.1) is 0 Å². The molecule has 1 aromatic heterocycles. The van der Waals surface area contributed by atoms with E-state index in [-0.39, 0.29) is 4.90 Å². The number of aromatic nitrogens is 1. The molecule has 1 aliphatic rings. The number of H-pyrrole nitrogens is 1. The molecular formula is C13H17N3O4S. The molecule has 3 rings (SSSR count). The first-order chi connectivity index (χ1) is 10.0. The summed E-state index contributed by atoms with van der Waals surface area (Å²) in [6.45, 7) is 5.43. The molecular weight excluding hydrogens is 294 g/mol. The van der Waals surface area contributed by atoms with Gasteiger partial charge in [-0.2, -0.15) is 4.31 Å². The highest BCUT2D eigenvalue weighted by Crippen LogP contribution is 2.21. The number of hydrogen-bond acceptors (Lipinski definition) is 5. The zero-order valence-corrected chi connectivity index (χ0v) is 12.5. The van der Waals surface area contributed by atoms with E-state index in [1.807, 2.05) is 0 Å². The minimum absolute atomic E-state index is 0.178. The summed E-state index contributed by atoms with van der Waals surface area (Å²) in [5.41, 5.74) is 0.753. The second kappa shape index (κ2) is 5.28. The van der Waals surface area contributed by atoms with E-state index in [4.69, 9.17) is 4.42 Å². The Labute approximate surface area is 122 Å². The molecule has 0 unspecified atom stereocenters. The Morgan fingerprint density at radius 1 is 1.24 bits per heavy atom. The number of aromatic amines is 1. The van der Waals surface area contributed by atoms with E-state index < -0.39 is 15.8 Å². The van der Waals surface area contributed by atoms with Gasteiger partial charge in [-0.05, 0) is 24.7 Å². The molecule has 0 amide bonds. The molecule has 1 fully saturated rings. The lowest BCUT2D eigenvalue weighted by atomic mass is 10.3. The van der Waals surface area contributed by atoms with Crippen LogP contribution < -0.4 is 5.76 Å². The number of sulfonamides is 1. The monoisotopic (exact) mass is 311 g/mol. The van der Waals surface area contributed by atoms with Crippen LogP contribution in [0.5, 0.6) is 0 Å². The number of fused-ring (bicyclic) bond motifs is 1. The van der Waals surface area contributed by atoms with Gasteiger partial charge in [-0.1, -0.05) is 6.92 Å². The van der Waals surface area contributed by atoms with Crippen molar-refractivity contribution in [3.8, 4) is 0 Å². The Balaban J connectivity index is 1.91. The summed E-state index contributed by atoms with van der Waals surface area (Å²) in [5.74, 6) is -0.587. The highest BCUT2D eigenvalue weighted by molar-refractivity contribution is 7.89. The maximum absolute atomic E-state index is 12.6. The summed E-state index contributed by atoms with van der Waals surface area (Å²) in [6, 6.07) is 4.42. The van der Waals surface area contributed by atoms with Gasteiger partial charge < -0.3 is 9.32 Å². The first kappa shape index (κ1) is 14.3. The van der Waals surface area contributed by atoms with Crippen molar-refractivity contribution in [2.45, 2.75) is 11.8 Å². The van der Waals surface area contributed by atoms with Gasteiger partial charge in [0.1, 0.15) is 0 Å². The zero-order valence-electron chi connectivity index (χ0n) is 11.7. The Bertz CT molecular complexity index is 800. The molecule has 21 heavy (non-hydrogen) atoms. The van der Waals surface area contributed by atoms with Crippen molar-refractivity contribution < 1.29 is 12.8 Å². The number of piperazine rings is 1. The van der Waals surface area contributed by atoms with Crippen LogP contribution in [-0.2, 0) is 10.0 Å². The van der Waals surface area contributed by atoms with Crippen LogP contribution in [0.3, 0.4) is 0 Å². The van der Waals surface area contributed by atoms with E-state index in [2.05, 4.69) is 16.8 Å². The van der Waals surface area contributed by atoms with Crippen molar-refractivity contribution in [2.75, 3.05) is 32.7 Å². The Morgan fingerprint density at radius 2 is 1.95 bits per heavy atom. The smallest absolute Gasteiger partial charge is 0.408 e. The van der Waals surface area contributed by atoms with E-state index in [9.17, 15) is 13.2 Å². The minimum atomic E-state index is -3.53. The third-order valence-electron chi connectivity index (χ3n) is 3.81. The summed E-state index contributed by atoms with van der Waals surface area (Å²) in [5, 5.41) is 0. The molecule has 2 heterocycles. The molecule has 8 heteroatoms. The molecule has 7 nitrogen and oxygen atoms in total. The maximum atomic E-state index is 12.6. The van der Waals surface area contributed by atoms with Crippen molar-refractivity contribution in [1.29, 1.82) is 0 Å². The fraction of sp³-hybridized carbons (Fsp3) is 0.462. The van der Waals surface area contributed by atoms with Crippen molar-refractivity contribution in [3.05, 3.63) is 28.7 Å². The van der Waals surface area contributed by atoms with Gasteiger partial charge in [0.15, 0.2) is 5.58 Å². The van der Waals surface area contributed by atoms with Crippen molar-refractivity contribution in [1.82, 2.24) is 14.2 Å². The molecule has 1 aromatic carbocycles. The predicted molar refractivity (Wildman–Crippen MR) is 77.7 cm³/mol. The number of nitrogens with one attached hydrogen (secondary N) is 1. The average Bonchev–Trinajstić information content (AvgIpc) is 2.86. The maximum Gasteiger partial charge on any atom is 0.417 e. The second-order valence-corrected chi connectivity index (χ2v) is 6.95. The van der Waals surface area contributed by atoms with E-state index in [1.54, 1.807) is 0 Å². The molecule has 0 spiro atoms. The van der Waals surface area contributed by atoms with Gasteiger partial charge in [-0.25, -0.2) is 13.2 Å². The van der Waals surface area contributed by atoms with E-state index in [1.165, 1.54) is 22.5 Å². The Kier molecular flexibility index (Phi) is 3.60. The van der Waals surface area contributed by atoms with Gasteiger partial charge in [0.05, 0.1) is 10.4 Å². The number of nitrogens with zero attached hydrogens (tertiary/aromatic N) is 2. The Hall–Kier alpha value is -1.64. The van der Waals surface area contributed by atoms with Gasteiger partial charge in [0.25, 0.3) is 0 Å². The molecule has 2 aromatic rings. The van der Waals surface area contributed by atoms with Crippen LogP contribution >= 0.6 is 0 Å². The molecule has 0 bridgehead atoms. The van der Waals surface area contributed by atoms with E-state index in [0.717, 1.165) is 19.6 Å². The average molecular weight is 311 g/mol. The van der Waals surface area contributed by atoms with Gasteiger partial charge >= 0.3 is 5.76 Å². The highest BCUT2D eigenvalue weighted by Gasteiger charge is 2.28. The molecule has 114 valence electrons. The van der Waals surface area contributed by atoms with Crippen LogP contribution in [0, 0.1) is 0 Å². The lowest BCUT2D eigenvalue weighted by Crippen LogP contribution is -2.48. The lowest BCUT2D eigenvalue weighted by molar-refractivity contribution is 0.196. The van der Waals surface area contributed by atoms with Crippen LogP contribution in [-0.4, -0.2) is 55.3 Å². The van der Waals surface area contributed by atoms with Crippen LogP contribution in [0.15, 0.2) is 32.3 Å². The van der Waals surface area contributed by atoms with Crippen LogP contribution in [0.4, 0.5) is 0 Å². The van der Waals surface area contributed by atoms with Gasteiger partial charge in [0.2, 0.25) is 10.0 Å². The fourth-order valence-corrected chi connectivity index (χ4v) is 3.98. The standard InChI is InChI=1S/C13H17N3O4S/c1-2-15-5-7-16(8-6-15)21(18,19)10-3-4-12-11(9-10)14-13(17)20-12/h3-4,9H,2,5-8H2,1H3,(H,14,17). The molecule has 0 saturated carbocycles. The van der Waals surface area contributed by atoms with Gasteiger partial charge in [0, 0.05) is 26.2 Å². The summed E-state index contributed by atoms with van der Waals surface area (Å²) in [4.78, 5) is 16.0. The van der Waals surface area contributed by atoms with Crippen LogP contribution in [0.1, 0.15) is 6.92 Å². The van der Waals surface area contributed by atoms with Crippen molar-refractivity contribution >= 4 is 21.1 Å². The molecule has 1 aliphatic heterocycles. The first-order valence-electron chi connectivity index (χ1n) is 6.86. The van der Waals surface area contributed by atoms with Gasteiger partial charge in [-0.3, -0.25) is 4.98 Å². The highest BCUT2D eigenvalue weighted by atomic mass is 32.2. The third-order valence-corrected chi connectivity index (χ3v) is 5.70. The van der Waals surface area contributed by atoms with Crippen molar-refractivity contribution in [2.24, 2.45) is 0 Å². The Morgan fingerprint density at radius 3 is 2.62 bits per heavy atom. The minimum Gasteiger partial charge on any atom is -0.408 e. The topological polar surface area (TPSA) is 86.6 Å². The molecule has 0 atom stereocenters. The third kappa shape index (κ3) is 2.61. The summed E-state index contributed by atoms with van der Waals surface area (Å²) in [7, 11) is -3.53. The molecule has 1 N–H and O–H groups in total. The van der Waals surface area contributed by atoms with Crippen LogP contribution in [0.25, 0.3) is 11.1 Å². The van der Waals surface area contributed by atoms with Crippen LogP contribution in [0.2, 0.25) is 0 Å². The summed E-state index contributed by atoms with van der Waals surface area (Å²) >= 11 is 0. The molecule has 0 aliphatic carbocycles. The fourth-order valence-electron chi connectivity index (χ4n) is 2.53. The number of likely N-dealkylation sites (N-methyl/N-ethyl adjacent to an activating group) is 1. The molecule has 0 radical (unpaired) electrons. The van der Waals surface area contributed by atoms with Crippen molar-refractivity contribution in [3.63, 3.8) is 0 Å².